The maximum atomic E-state index is 14.5. The van der Waals surface area contributed by atoms with Crippen molar-refractivity contribution in [2.75, 3.05) is 12.0 Å². The first-order chi connectivity index (χ1) is 16.7. The van der Waals surface area contributed by atoms with Crippen molar-refractivity contribution < 1.29 is 30.8 Å². The summed E-state index contributed by atoms with van der Waals surface area (Å²) in [5, 5.41) is 0. The summed E-state index contributed by atoms with van der Waals surface area (Å²) < 4.78 is 77.1. The number of aromatic nitrogens is 1. The number of rotatable bonds is 9. The molecule has 0 bridgehead atoms. The van der Waals surface area contributed by atoms with E-state index < -0.39 is 33.4 Å². The van der Waals surface area contributed by atoms with Crippen molar-refractivity contribution in [3.05, 3.63) is 88.4 Å². The molecule has 0 unspecified atom stereocenters. The number of Topliss-reactive ketones (excluding diaryl/α,β-unsaturated/α-hetero) is 1. The first kappa shape index (κ1) is 27.5. The Bertz CT molecular complexity index is 1370. The zero-order valence-electron chi connectivity index (χ0n) is 20.2. The number of halogens is 4. The topological polar surface area (TPSA) is 64.1 Å². The van der Waals surface area contributed by atoms with Crippen LogP contribution < -0.4 is 0 Å². The third-order valence-corrected chi connectivity index (χ3v) is 6.95. The Balaban J connectivity index is 1.78. The molecule has 3 rings (SSSR count). The molecule has 0 radical (unpaired) electrons. The van der Waals surface area contributed by atoms with E-state index in [0.29, 0.717) is 16.7 Å². The van der Waals surface area contributed by atoms with E-state index in [1.807, 2.05) is 13.0 Å². The Hall–Kier alpha value is -3.07. The lowest BCUT2D eigenvalue weighted by molar-refractivity contribution is -0.141. The van der Waals surface area contributed by atoms with Gasteiger partial charge in [-0.15, -0.1) is 0 Å². The molecule has 1 aromatic heterocycles. The van der Waals surface area contributed by atoms with Gasteiger partial charge in [-0.2, -0.15) is 13.2 Å². The number of aryl methyl sites for hydroxylation is 3. The van der Waals surface area contributed by atoms with Gasteiger partial charge in [0.25, 0.3) is 0 Å². The van der Waals surface area contributed by atoms with Gasteiger partial charge in [0.05, 0.1) is 11.4 Å². The number of sulfone groups is 1. The highest BCUT2D eigenvalue weighted by molar-refractivity contribution is 7.90. The van der Waals surface area contributed by atoms with E-state index in [-0.39, 0.29) is 42.1 Å². The summed E-state index contributed by atoms with van der Waals surface area (Å²) in [4.78, 5) is 16.8. The first-order valence-electron chi connectivity index (χ1n) is 11.4. The molecular weight excluding hydrogens is 494 g/mol. The van der Waals surface area contributed by atoms with Crippen LogP contribution in [0, 0.1) is 12.7 Å². The highest BCUT2D eigenvalue weighted by Gasteiger charge is 2.33. The molecule has 36 heavy (non-hydrogen) atoms. The average Bonchev–Trinajstić information content (AvgIpc) is 2.80. The second-order valence-electron chi connectivity index (χ2n) is 8.99. The summed E-state index contributed by atoms with van der Waals surface area (Å²) in [6, 6.07) is 13.6. The van der Waals surface area contributed by atoms with Gasteiger partial charge in [0, 0.05) is 24.2 Å². The maximum absolute atomic E-state index is 14.5. The van der Waals surface area contributed by atoms with Gasteiger partial charge >= 0.3 is 6.18 Å². The molecule has 0 saturated carbocycles. The van der Waals surface area contributed by atoms with E-state index in [0.717, 1.165) is 17.9 Å². The van der Waals surface area contributed by atoms with Crippen molar-refractivity contribution in [1.82, 2.24) is 4.98 Å². The van der Waals surface area contributed by atoms with Crippen LogP contribution in [0.25, 0.3) is 11.3 Å². The normalized spacial score (nSPS) is 13.0. The summed E-state index contributed by atoms with van der Waals surface area (Å²) in [6.07, 6.45) is -3.28. The second-order valence-corrected chi connectivity index (χ2v) is 11.2. The van der Waals surface area contributed by atoms with Gasteiger partial charge in [0.15, 0.2) is 0 Å². The number of pyridine rings is 1. The first-order valence-corrected chi connectivity index (χ1v) is 13.4. The van der Waals surface area contributed by atoms with E-state index in [9.17, 15) is 30.8 Å². The summed E-state index contributed by atoms with van der Waals surface area (Å²) in [6.45, 7) is 3.47. The predicted molar refractivity (Wildman–Crippen MR) is 131 cm³/mol. The van der Waals surface area contributed by atoms with Crippen LogP contribution in [0.15, 0.2) is 54.6 Å². The van der Waals surface area contributed by atoms with Crippen molar-refractivity contribution in [3.8, 4) is 11.3 Å². The minimum Gasteiger partial charge on any atom is -0.299 e. The van der Waals surface area contributed by atoms with Gasteiger partial charge in [-0.25, -0.2) is 17.8 Å². The van der Waals surface area contributed by atoms with E-state index in [4.69, 9.17) is 0 Å². The van der Waals surface area contributed by atoms with Crippen LogP contribution in [0.5, 0.6) is 0 Å². The lowest BCUT2D eigenvalue weighted by Crippen LogP contribution is -2.13. The van der Waals surface area contributed by atoms with Crippen molar-refractivity contribution in [1.29, 1.82) is 0 Å². The van der Waals surface area contributed by atoms with Crippen LogP contribution in [-0.2, 0) is 33.6 Å². The fraction of sp³-hybridized carbons (Fsp3) is 0.333. The number of nitrogens with zero attached hydrogens (tertiary/aromatic N) is 1. The lowest BCUT2D eigenvalue weighted by Gasteiger charge is -2.15. The largest absolute Gasteiger partial charge is 0.433 e. The molecule has 0 amide bonds. The molecule has 192 valence electrons. The number of ketones is 1. The molecule has 3 aromatic rings. The van der Waals surface area contributed by atoms with Gasteiger partial charge in [-0.1, -0.05) is 48.9 Å². The Morgan fingerprint density at radius 2 is 1.69 bits per heavy atom. The monoisotopic (exact) mass is 521 g/mol. The summed E-state index contributed by atoms with van der Waals surface area (Å²) >= 11 is 0. The number of hydrogen-bond donors (Lipinski definition) is 0. The molecule has 1 atom stereocenters. The highest BCUT2D eigenvalue weighted by atomic mass is 32.2. The summed E-state index contributed by atoms with van der Waals surface area (Å²) in [5.74, 6) is -1.60. The number of hydrogen-bond acceptors (Lipinski definition) is 4. The quantitative estimate of drug-likeness (QED) is 0.319. The smallest absolute Gasteiger partial charge is 0.299 e. The lowest BCUT2D eigenvalue weighted by atomic mass is 9.91. The van der Waals surface area contributed by atoms with Crippen LogP contribution in [-0.4, -0.2) is 31.2 Å². The molecule has 0 aliphatic rings. The van der Waals surface area contributed by atoms with Crippen LogP contribution in [0.1, 0.15) is 47.2 Å². The van der Waals surface area contributed by atoms with Gasteiger partial charge in [-0.05, 0) is 54.7 Å². The Morgan fingerprint density at radius 3 is 2.31 bits per heavy atom. The fourth-order valence-corrected chi connectivity index (χ4v) is 4.47. The SMILES string of the molecule is Cc1cccc(-c2nc(C(F)(F)F)ccc2CCC(=O)[C@@H](C)c2ccc(CCS(C)(=O)=O)c(F)c2)c1. The molecule has 9 heteroatoms. The second kappa shape index (κ2) is 10.9. The Labute approximate surface area is 208 Å². The van der Waals surface area contributed by atoms with E-state index >= 15 is 0 Å². The maximum Gasteiger partial charge on any atom is 0.433 e. The molecule has 0 aliphatic carbocycles. The molecular formula is C27H27F4NO3S. The molecule has 0 spiro atoms. The zero-order chi connectivity index (χ0) is 26.7. The standard InChI is InChI=1S/C27H27F4NO3S/c1-17-5-4-6-22(15-17)26-20(10-12-25(32-26)27(29,30)31)9-11-24(33)18(2)21-8-7-19(23(28)16-21)13-14-36(3,34)35/h4-8,10,12,15-16,18H,9,11,13-14H2,1-3H3/t18-/m0/s1. The summed E-state index contributed by atoms with van der Waals surface area (Å²) in [7, 11) is -3.24. The molecule has 0 saturated heterocycles. The number of alkyl halides is 3. The van der Waals surface area contributed by atoms with Gasteiger partial charge < -0.3 is 0 Å². The molecule has 0 N–H and O–H groups in total. The number of carbonyl (C=O) groups excluding carboxylic acids is 1. The molecule has 0 fully saturated rings. The molecule has 4 nitrogen and oxygen atoms in total. The minimum absolute atomic E-state index is 0.0322. The van der Waals surface area contributed by atoms with Crippen LogP contribution in [0.2, 0.25) is 0 Å². The fourth-order valence-electron chi connectivity index (χ4n) is 3.88. The van der Waals surface area contributed by atoms with E-state index in [1.165, 1.54) is 18.2 Å². The molecule has 0 aliphatic heterocycles. The average molecular weight is 522 g/mol. The van der Waals surface area contributed by atoms with Crippen molar-refractivity contribution in [2.24, 2.45) is 0 Å². The zero-order valence-corrected chi connectivity index (χ0v) is 21.0. The van der Waals surface area contributed by atoms with Crippen molar-refractivity contribution >= 4 is 15.6 Å². The minimum atomic E-state index is -4.60. The van der Waals surface area contributed by atoms with Crippen molar-refractivity contribution in [2.45, 2.75) is 45.2 Å². The predicted octanol–water partition coefficient (Wildman–Crippen LogP) is 6.11. The molecule has 2 aromatic carbocycles. The van der Waals surface area contributed by atoms with E-state index in [1.54, 1.807) is 31.2 Å². The van der Waals surface area contributed by atoms with Crippen LogP contribution in [0.3, 0.4) is 0 Å². The van der Waals surface area contributed by atoms with Gasteiger partial charge in [0.2, 0.25) is 0 Å². The Morgan fingerprint density at radius 1 is 1.00 bits per heavy atom. The Kier molecular flexibility index (Phi) is 8.33. The number of carbonyl (C=O) groups is 1. The van der Waals surface area contributed by atoms with Gasteiger partial charge in [0.1, 0.15) is 27.1 Å². The highest BCUT2D eigenvalue weighted by Crippen LogP contribution is 2.32. The third kappa shape index (κ3) is 7.22. The third-order valence-electron chi connectivity index (χ3n) is 6.00. The van der Waals surface area contributed by atoms with Crippen LogP contribution in [0.4, 0.5) is 17.6 Å². The molecule has 1 heterocycles. The summed E-state index contributed by atoms with van der Waals surface area (Å²) in [5.41, 5.74) is 1.78. The van der Waals surface area contributed by atoms with E-state index in [2.05, 4.69) is 4.98 Å². The van der Waals surface area contributed by atoms with Crippen molar-refractivity contribution in [3.63, 3.8) is 0 Å². The number of benzene rings is 2. The van der Waals surface area contributed by atoms with Gasteiger partial charge in [-0.3, -0.25) is 4.79 Å². The van der Waals surface area contributed by atoms with Crippen LogP contribution >= 0.6 is 0 Å².